The maximum atomic E-state index is 5.93. The van der Waals surface area contributed by atoms with E-state index in [2.05, 4.69) is 11.9 Å². The molecule has 0 aromatic carbocycles. The molecular formula is C12H20ClNO2S. The molecule has 0 saturated heterocycles. The standard InChI is InChI=1S/C12H20ClNO2S/c1-4-11(16-9(3)7-15-5-2)12-14-10(6-13)8-17-12/h8-9,11H,4-7H2,1-3H3. The molecule has 0 aliphatic carbocycles. The Morgan fingerprint density at radius 3 is 2.76 bits per heavy atom. The number of ether oxygens (including phenoxy) is 2. The Balaban J connectivity index is 2.52. The summed E-state index contributed by atoms with van der Waals surface area (Å²) in [6.45, 7) is 7.45. The smallest absolute Gasteiger partial charge is 0.122 e. The van der Waals surface area contributed by atoms with Gasteiger partial charge in [-0.3, -0.25) is 0 Å². The van der Waals surface area contributed by atoms with E-state index in [-0.39, 0.29) is 12.2 Å². The largest absolute Gasteiger partial charge is 0.379 e. The number of rotatable bonds is 8. The van der Waals surface area contributed by atoms with E-state index in [1.807, 2.05) is 19.2 Å². The quantitative estimate of drug-likeness (QED) is 0.678. The number of hydrogen-bond acceptors (Lipinski definition) is 4. The first-order valence-electron chi connectivity index (χ1n) is 5.94. The molecule has 5 heteroatoms. The van der Waals surface area contributed by atoms with Crippen molar-refractivity contribution in [3.05, 3.63) is 16.1 Å². The maximum absolute atomic E-state index is 5.93. The van der Waals surface area contributed by atoms with Crippen molar-refractivity contribution in [3.8, 4) is 0 Å². The number of hydrogen-bond donors (Lipinski definition) is 0. The summed E-state index contributed by atoms with van der Waals surface area (Å²) in [5.74, 6) is 0.460. The van der Waals surface area contributed by atoms with Crippen molar-refractivity contribution in [2.75, 3.05) is 13.2 Å². The summed E-state index contributed by atoms with van der Waals surface area (Å²) in [5, 5.41) is 2.99. The van der Waals surface area contributed by atoms with E-state index < -0.39 is 0 Å². The molecule has 0 aliphatic rings. The van der Waals surface area contributed by atoms with E-state index in [4.69, 9.17) is 21.1 Å². The molecule has 2 atom stereocenters. The highest BCUT2D eigenvalue weighted by Gasteiger charge is 2.17. The zero-order valence-corrected chi connectivity index (χ0v) is 12.2. The van der Waals surface area contributed by atoms with Gasteiger partial charge in [0.15, 0.2) is 0 Å². The summed E-state index contributed by atoms with van der Waals surface area (Å²) in [6, 6.07) is 0. The minimum absolute atomic E-state index is 0.0485. The summed E-state index contributed by atoms with van der Waals surface area (Å²) in [4.78, 5) is 4.45. The van der Waals surface area contributed by atoms with Gasteiger partial charge in [0, 0.05) is 12.0 Å². The van der Waals surface area contributed by atoms with Crippen molar-refractivity contribution in [2.45, 2.75) is 45.3 Å². The fraction of sp³-hybridized carbons (Fsp3) is 0.750. The predicted octanol–water partition coefficient (Wildman–Crippen LogP) is 3.77. The predicted molar refractivity (Wildman–Crippen MR) is 71.7 cm³/mol. The molecule has 0 N–H and O–H groups in total. The molecule has 2 unspecified atom stereocenters. The first kappa shape index (κ1) is 14.9. The van der Waals surface area contributed by atoms with Gasteiger partial charge in [0.2, 0.25) is 0 Å². The zero-order chi connectivity index (χ0) is 12.7. The average Bonchev–Trinajstić information content (AvgIpc) is 2.82. The zero-order valence-electron chi connectivity index (χ0n) is 10.6. The lowest BCUT2D eigenvalue weighted by Crippen LogP contribution is -2.19. The highest BCUT2D eigenvalue weighted by Crippen LogP contribution is 2.26. The molecule has 1 aromatic rings. The van der Waals surface area contributed by atoms with Crippen LogP contribution < -0.4 is 0 Å². The van der Waals surface area contributed by atoms with Crippen LogP contribution in [0, 0.1) is 0 Å². The van der Waals surface area contributed by atoms with Gasteiger partial charge in [-0.15, -0.1) is 22.9 Å². The molecule has 0 amide bonds. The van der Waals surface area contributed by atoms with Crippen LogP contribution in [-0.4, -0.2) is 24.3 Å². The van der Waals surface area contributed by atoms with Crippen molar-refractivity contribution in [1.29, 1.82) is 0 Å². The Morgan fingerprint density at radius 1 is 1.47 bits per heavy atom. The molecule has 1 heterocycles. The van der Waals surface area contributed by atoms with Gasteiger partial charge in [-0.25, -0.2) is 4.98 Å². The Morgan fingerprint density at radius 2 is 2.24 bits per heavy atom. The molecule has 1 aromatic heterocycles. The highest BCUT2D eigenvalue weighted by molar-refractivity contribution is 7.09. The first-order chi connectivity index (χ1) is 8.21. The normalized spacial score (nSPS) is 14.8. The lowest BCUT2D eigenvalue weighted by Gasteiger charge is -2.19. The molecule has 0 bridgehead atoms. The molecule has 0 spiro atoms. The van der Waals surface area contributed by atoms with Gasteiger partial charge in [-0.2, -0.15) is 0 Å². The van der Waals surface area contributed by atoms with E-state index >= 15 is 0 Å². The number of halogens is 1. The van der Waals surface area contributed by atoms with Gasteiger partial charge in [-0.05, 0) is 20.3 Å². The molecule has 17 heavy (non-hydrogen) atoms. The van der Waals surface area contributed by atoms with Crippen molar-refractivity contribution in [1.82, 2.24) is 4.98 Å². The fourth-order valence-electron chi connectivity index (χ4n) is 1.46. The molecular weight excluding hydrogens is 258 g/mol. The highest BCUT2D eigenvalue weighted by atomic mass is 35.5. The molecule has 0 saturated carbocycles. The van der Waals surface area contributed by atoms with Crippen molar-refractivity contribution in [3.63, 3.8) is 0 Å². The second kappa shape index (κ2) is 8.03. The van der Waals surface area contributed by atoms with Crippen LogP contribution in [0.15, 0.2) is 5.38 Å². The van der Waals surface area contributed by atoms with E-state index in [1.165, 1.54) is 0 Å². The number of nitrogens with zero attached hydrogens (tertiary/aromatic N) is 1. The van der Waals surface area contributed by atoms with Gasteiger partial charge >= 0.3 is 0 Å². The van der Waals surface area contributed by atoms with Crippen LogP contribution in [0.4, 0.5) is 0 Å². The minimum atomic E-state index is 0.0485. The fourth-order valence-corrected chi connectivity index (χ4v) is 2.63. The summed E-state index contributed by atoms with van der Waals surface area (Å²) < 4.78 is 11.3. The summed E-state index contributed by atoms with van der Waals surface area (Å²) in [7, 11) is 0. The third-order valence-electron chi connectivity index (χ3n) is 2.31. The van der Waals surface area contributed by atoms with Crippen LogP contribution >= 0.6 is 22.9 Å². The third kappa shape index (κ3) is 4.92. The molecule has 0 radical (unpaired) electrons. The van der Waals surface area contributed by atoms with Crippen molar-refractivity contribution >= 4 is 22.9 Å². The van der Waals surface area contributed by atoms with Crippen LogP contribution in [0.3, 0.4) is 0 Å². The summed E-state index contributed by atoms with van der Waals surface area (Å²) in [5.41, 5.74) is 0.922. The Labute approximate surface area is 112 Å². The SMILES string of the molecule is CCOCC(C)OC(CC)c1nc(CCl)cs1. The van der Waals surface area contributed by atoms with Crippen LogP contribution in [0.25, 0.3) is 0 Å². The third-order valence-corrected chi connectivity index (χ3v) is 3.57. The van der Waals surface area contributed by atoms with Gasteiger partial charge in [0.05, 0.1) is 24.3 Å². The van der Waals surface area contributed by atoms with E-state index in [0.29, 0.717) is 12.5 Å². The molecule has 3 nitrogen and oxygen atoms in total. The number of thiazole rings is 1. The Hall–Kier alpha value is -0.160. The molecule has 98 valence electrons. The summed E-state index contributed by atoms with van der Waals surface area (Å²) >= 11 is 7.36. The van der Waals surface area contributed by atoms with E-state index in [0.717, 1.165) is 23.7 Å². The van der Waals surface area contributed by atoms with Crippen LogP contribution in [0.1, 0.15) is 44.0 Å². The van der Waals surface area contributed by atoms with Gasteiger partial charge in [0.1, 0.15) is 11.1 Å². The van der Waals surface area contributed by atoms with Gasteiger partial charge in [-0.1, -0.05) is 6.92 Å². The van der Waals surface area contributed by atoms with Crippen molar-refractivity contribution in [2.24, 2.45) is 0 Å². The molecule has 0 aliphatic heterocycles. The Bertz CT molecular complexity index is 319. The van der Waals surface area contributed by atoms with E-state index in [1.54, 1.807) is 11.3 Å². The van der Waals surface area contributed by atoms with Crippen molar-refractivity contribution < 1.29 is 9.47 Å². The van der Waals surface area contributed by atoms with E-state index in [9.17, 15) is 0 Å². The average molecular weight is 278 g/mol. The number of alkyl halides is 1. The van der Waals surface area contributed by atoms with Crippen LogP contribution in [-0.2, 0) is 15.4 Å². The Kier molecular flexibility index (Phi) is 7.04. The molecule has 0 fully saturated rings. The first-order valence-corrected chi connectivity index (χ1v) is 7.36. The van der Waals surface area contributed by atoms with Crippen LogP contribution in [0.2, 0.25) is 0 Å². The lowest BCUT2D eigenvalue weighted by atomic mass is 10.3. The monoisotopic (exact) mass is 277 g/mol. The second-order valence-electron chi connectivity index (χ2n) is 3.81. The van der Waals surface area contributed by atoms with Gasteiger partial charge < -0.3 is 9.47 Å². The second-order valence-corrected chi connectivity index (χ2v) is 4.97. The lowest BCUT2D eigenvalue weighted by molar-refractivity contribution is -0.0491. The molecule has 1 rings (SSSR count). The maximum Gasteiger partial charge on any atom is 0.122 e. The minimum Gasteiger partial charge on any atom is -0.379 e. The number of aromatic nitrogens is 1. The topological polar surface area (TPSA) is 31.4 Å². The summed E-state index contributed by atoms with van der Waals surface area (Å²) in [6.07, 6.45) is 1.04. The van der Waals surface area contributed by atoms with Gasteiger partial charge in [0.25, 0.3) is 0 Å². The van der Waals surface area contributed by atoms with Crippen LogP contribution in [0.5, 0.6) is 0 Å².